The molecular weight excluding hydrogens is 316 g/mol. The number of methoxy groups -OCH3 is 1. The topological polar surface area (TPSA) is 61.2 Å². The SMILES string of the molecule is COc1ccc(C2=C(c3ccccn3)C(=O)n3c2cccc3=O)cc1. The first-order chi connectivity index (χ1) is 12.2. The van der Waals surface area contributed by atoms with Crippen LogP contribution in [-0.2, 0) is 0 Å². The van der Waals surface area contributed by atoms with Crippen LogP contribution in [0.5, 0.6) is 5.75 Å². The van der Waals surface area contributed by atoms with Crippen LogP contribution in [0.25, 0.3) is 11.1 Å². The van der Waals surface area contributed by atoms with Gasteiger partial charge in [0.25, 0.3) is 11.5 Å². The van der Waals surface area contributed by atoms with Gasteiger partial charge in [-0.1, -0.05) is 24.3 Å². The van der Waals surface area contributed by atoms with Crippen molar-refractivity contribution in [3.05, 3.63) is 94.2 Å². The van der Waals surface area contributed by atoms with Crippen LogP contribution in [0.1, 0.15) is 21.7 Å². The van der Waals surface area contributed by atoms with Gasteiger partial charge in [-0.25, -0.2) is 4.57 Å². The second kappa shape index (κ2) is 5.87. The molecule has 0 N–H and O–H groups in total. The number of ether oxygens (including phenoxy) is 1. The smallest absolute Gasteiger partial charge is 0.268 e. The molecule has 2 aromatic heterocycles. The lowest BCUT2D eigenvalue weighted by molar-refractivity contribution is 0.0980. The molecule has 0 bridgehead atoms. The lowest BCUT2D eigenvalue weighted by Crippen LogP contribution is -2.24. The Morgan fingerprint density at radius 3 is 2.36 bits per heavy atom. The maximum absolute atomic E-state index is 13.0. The van der Waals surface area contributed by atoms with E-state index in [0.29, 0.717) is 22.5 Å². The number of nitrogens with zero attached hydrogens (tertiary/aromatic N) is 2. The molecule has 122 valence electrons. The Morgan fingerprint density at radius 1 is 0.880 bits per heavy atom. The van der Waals surface area contributed by atoms with E-state index in [1.165, 1.54) is 10.6 Å². The summed E-state index contributed by atoms with van der Waals surface area (Å²) in [6.07, 6.45) is 1.63. The number of carbonyl (C=O) groups is 1. The minimum Gasteiger partial charge on any atom is -0.497 e. The van der Waals surface area contributed by atoms with Crippen LogP contribution in [0.15, 0.2) is 71.7 Å². The average Bonchev–Trinajstić information content (AvgIpc) is 2.96. The highest BCUT2D eigenvalue weighted by Crippen LogP contribution is 2.37. The molecule has 0 spiro atoms. The van der Waals surface area contributed by atoms with Crippen LogP contribution in [-0.4, -0.2) is 22.6 Å². The Labute approximate surface area is 143 Å². The molecular formula is C20H14N2O3. The maximum atomic E-state index is 13.0. The van der Waals surface area contributed by atoms with Crippen LogP contribution in [0.2, 0.25) is 0 Å². The van der Waals surface area contributed by atoms with Crippen LogP contribution in [0.3, 0.4) is 0 Å². The number of hydrogen-bond acceptors (Lipinski definition) is 4. The van der Waals surface area contributed by atoms with Crippen LogP contribution in [0.4, 0.5) is 0 Å². The summed E-state index contributed by atoms with van der Waals surface area (Å²) in [5.41, 5.74) is 2.72. The van der Waals surface area contributed by atoms with Crippen LogP contribution >= 0.6 is 0 Å². The van der Waals surface area contributed by atoms with Gasteiger partial charge in [0, 0.05) is 17.8 Å². The fraction of sp³-hybridized carbons (Fsp3) is 0.0500. The van der Waals surface area contributed by atoms with Crippen molar-refractivity contribution in [3.8, 4) is 5.75 Å². The molecule has 1 aromatic carbocycles. The Kier molecular flexibility index (Phi) is 3.54. The molecule has 0 fully saturated rings. The number of allylic oxidation sites excluding steroid dienone is 1. The van der Waals surface area contributed by atoms with Gasteiger partial charge in [-0.15, -0.1) is 0 Å². The number of benzene rings is 1. The van der Waals surface area contributed by atoms with Gasteiger partial charge in [-0.05, 0) is 35.9 Å². The van der Waals surface area contributed by atoms with E-state index in [4.69, 9.17) is 4.74 Å². The molecule has 4 rings (SSSR count). The molecule has 0 aliphatic carbocycles. The summed E-state index contributed by atoms with van der Waals surface area (Å²) >= 11 is 0. The number of aromatic nitrogens is 2. The Balaban J connectivity index is 2.02. The van der Waals surface area contributed by atoms with E-state index < -0.39 is 0 Å². The lowest BCUT2D eigenvalue weighted by Gasteiger charge is -2.08. The predicted octanol–water partition coefficient (Wildman–Crippen LogP) is 2.86. The summed E-state index contributed by atoms with van der Waals surface area (Å²) in [7, 11) is 1.60. The number of pyridine rings is 2. The minimum absolute atomic E-state index is 0.348. The van der Waals surface area contributed by atoms with Gasteiger partial charge in [0.05, 0.1) is 24.1 Å². The second-order valence-electron chi connectivity index (χ2n) is 5.58. The fourth-order valence-corrected chi connectivity index (χ4v) is 3.04. The van der Waals surface area contributed by atoms with E-state index >= 15 is 0 Å². The van der Waals surface area contributed by atoms with Gasteiger partial charge in [-0.2, -0.15) is 0 Å². The van der Waals surface area contributed by atoms with Crippen molar-refractivity contribution >= 4 is 17.1 Å². The first-order valence-electron chi connectivity index (χ1n) is 7.78. The molecule has 0 atom stereocenters. The number of rotatable bonds is 3. The minimum atomic E-state index is -0.356. The summed E-state index contributed by atoms with van der Waals surface area (Å²) in [6, 6.07) is 17.6. The van der Waals surface area contributed by atoms with Crippen molar-refractivity contribution in [3.63, 3.8) is 0 Å². The summed E-state index contributed by atoms with van der Waals surface area (Å²) in [5.74, 6) is 0.364. The summed E-state index contributed by atoms with van der Waals surface area (Å²) in [6.45, 7) is 0. The van der Waals surface area contributed by atoms with E-state index in [0.717, 1.165) is 11.3 Å². The summed E-state index contributed by atoms with van der Waals surface area (Å²) < 4.78 is 6.40. The number of fused-ring (bicyclic) bond motifs is 1. The zero-order chi connectivity index (χ0) is 17.4. The Bertz CT molecular complexity index is 1050. The van der Waals surface area contributed by atoms with Crippen LogP contribution in [0, 0.1) is 0 Å². The standard InChI is InChI=1S/C20H14N2O3/c1-25-14-10-8-13(9-11-14)18-16-6-4-7-17(23)22(16)20(24)19(18)15-5-2-3-12-21-15/h2-12H,1H3. The van der Waals surface area contributed by atoms with Gasteiger partial charge in [0.2, 0.25) is 0 Å². The second-order valence-corrected chi connectivity index (χ2v) is 5.58. The van der Waals surface area contributed by atoms with Crippen molar-refractivity contribution in [1.82, 2.24) is 9.55 Å². The van der Waals surface area contributed by atoms with Crippen molar-refractivity contribution in [2.75, 3.05) is 7.11 Å². The zero-order valence-corrected chi connectivity index (χ0v) is 13.5. The third kappa shape index (κ3) is 2.37. The Hall–Kier alpha value is -3.47. The van der Waals surface area contributed by atoms with E-state index in [2.05, 4.69) is 4.98 Å². The lowest BCUT2D eigenvalue weighted by atomic mass is 9.96. The molecule has 5 nitrogen and oxygen atoms in total. The van der Waals surface area contributed by atoms with E-state index in [1.54, 1.807) is 37.6 Å². The highest BCUT2D eigenvalue weighted by Gasteiger charge is 2.32. The van der Waals surface area contributed by atoms with Gasteiger partial charge in [0.1, 0.15) is 5.75 Å². The quantitative estimate of drug-likeness (QED) is 0.741. The Morgan fingerprint density at radius 2 is 1.68 bits per heavy atom. The van der Waals surface area contributed by atoms with Crippen molar-refractivity contribution in [2.45, 2.75) is 0 Å². The van der Waals surface area contributed by atoms with Gasteiger partial charge in [-0.3, -0.25) is 14.6 Å². The molecule has 0 unspecified atom stereocenters. The predicted molar refractivity (Wildman–Crippen MR) is 94.5 cm³/mol. The van der Waals surface area contributed by atoms with Crippen LogP contribution < -0.4 is 10.3 Å². The highest BCUT2D eigenvalue weighted by molar-refractivity contribution is 6.33. The summed E-state index contributed by atoms with van der Waals surface area (Å²) in [4.78, 5) is 29.5. The summed E-state index contributed by atoms with van der Waals surface area (Å²) in [5, 5.41) is 0. The van der Waals surface area contributed by atoms with Gasteiger partial charge in [0.15, 0.2) is 0 Å². The molecule has 0 saturated heterocycles. The van der Waals surface area contributed by atoms with Crippen molar-refractivity contribution < 1.29 is 9.53 Å². The highest BCUT2D eigenvalue weighted by atomic mass is 16.5. The molecule has 1 aliphatic rings. The van der Waals surface area contributed by atoms with Gasteiger partial charge >= 0.3 is 0 Å². The number of carbonyl (C=O) groups excluding carboxylic acids is 1. The van der Waals surface area contributed by atoms with Crippen molar-refractivity contribution in [1.29, 1.82) is 0 Å². The number of hydrogen-bond donors (Lipinski definition) is 0. The van der Waals surface area contributed by atoms with E-state index in [9.17, 15) is 9.59 Å². The molecule has 0 radical (unpaired) electrons. The van der Waals surface area contributed by atoms with Gasteiger partial charge < -0.3 is 4.74 Å². The molecule has 0 saturated carbocycles. The first kappa shape index (κ1) is 15.1. The zero-order valence-electron chi connectivity index (χ0n) is 13.5. The van der Waals surface area contributed by atoms with E-state index in [-0.39, 0.29) is 11.5 Å². The monoisotopic (exact) mass is 330 g/mol. The maximum Gasteiger partial charge on any atom is 0.268 e. The first-order valence-corrected chi connectivity index (χ1v) is 7.78. The molecule has 1 aliphatic heterocycles. The third-order valence-corrected chi connectivity index (χ3v) is 4.18. The molecule has 3 heterocycles. The molecule has 0 amide bonds. The molecule has 5 heteroatoms. The average molecular weight is 330 g/mol. The molecule has 3 aromatic rings. The normalized spacial score (nSPS) is 13.1. The fourth-order valence-electron chi connectivity index (χ4n) is 3.04. The van der Waals surface area contributed by atoms with E-state index in [1.807, 2.05) is 30.3 Å². The third-order valence-electron chi connectivity index (χ3n) is 4.18. The van der Waals surface area contributed by atoms with Crippen molar-refractivity contribution in [2.24, 2.45) is 0 Å². The largest absolute Gasteiger partial charge is 0.497 e. The molecule has 25 heavy (non-hydrogen) atoms.